The molecule has 0 aromatic heterocycles. The lowest BCUT2D eigenvalue weighted by atomic mass is 9.73. The first-order valence-electron chi connectivity index (χ1n) is 8.14. The Bertz CT molecular complexity index is 548. The Balaban J connectivity index is 2.25. The Hall–Kier alpha value is -1.04. The van der Waals surface area contributed by atoms with Crippen LogP contribution in [0.4, 0.5) is 0 Å². The van der Waals surface area contributed by atoms with E-state index in [0.717, 1.165) is 22.3 Å². The molecule has 4 nitrogen and oxygen atoms in total. The van der Waals surface area contributed by atoms with Crippen molar-refractivity contribution < 1.29 is 19.2 Å². The summed E-state index contributed by atoms with van der Waals surface area (Å²) >= 11 is 0. The monoisotopic (exact) mass is 320 g/mol. The second-order valence-corrected chi connectivity index (χ2v) is 8.16. The molecule has 1 aromatic rings. The third-order valence-corrected chi connectivity index (χ3v) is 4.65. The van der Waals surface area contributed by atoms with Gasteiger partial charge < -0.3 is 19.2 Å². The summed E-state index contributed by atoms with van der Waals surface area (Å²) < 4.78 is 18.0. The number of hydrogen-bond acceptors (Lipinski definition) is 4. The first-order chi connectivity index (χ1) is 10.3. The van der Waals surface area contributed by atoms with Crippen LogP contribution >= 0.6 is 0 Å². The molecule has 5 heteroatoms. The van der Waals surface area contributed by atoms with Crippen molar-refractivity contribution >= 4 is 12.6 Å². The summed E-state index contributed by atoms with van der Waals surface area (Å²) in [6, 6.07) is 3.94. The molecule has 1 saturated heterocycles. The van der Waals surface area contributed by atoms with E-state index in [0.29, 0.717) is 0 Å². The van der Waals surface area contributed by atoms with Crippen molar-refractivity contribution in [1.82, 2.24) is 0 Å². The highest BCUT2D eigenvalue weighted by Gasteiger charge is 2.52. The van der Waals surface area contributed by atoms with Gasteiger partial charge in [0, 0.05) is 0 Å². The average molecular weight is 320 g/mol. The molecule has 23 heavy (non-hydrogen) atoms. The maximum absolute atomic E-state index is 9.80. The van der Waals surface area contributed by atoms with Crippen LogP contribution < -0.4 is 10.2 Å². The summed E-state index contributed by atoms with van der Waals surface area (Å²) in [4.78, 5) is 0. The minimum Gasteiger partial charge on any atom is -0.491 e. The highest BCUT2D eigenvalue weighted by atomic mass is 16.7. The van der Waals surface area contributed by atoms with Crippen molar-refractivity contribution in [2.24, 2.45) is 0 Å². The Labute approximate surface area is 140 Å². The van der Waals surface area contributed by atoms with Gasteiger partial charge in [-0.05, 0) is 84.1 Å². The number of benzene rings is 1. The van der Waals surface area contributed by atoms with Crippen molar-refractivity contribution in [2.45, 2.75) is 72.2 Å². The normalized spacial score (nSPS) is 20.0. The van der Waals surface area contributed by atoms with Gasteiger partial charge in [0.05, 0.1) is 16.8 Å². The molecular formula is C18H29BO4. The van der Waals surface area contributed by atoms with E-state index in [1.807, 2.05) is 26.0 Å². The van der Waals surface area contributed by atoms with Gasteiger partial charge in [0.15, 0.2) is 0 Å². The zero-order chi connectivity index (χ0) is 17.6. The molecule has 1 aliphatic rings. The maximum atomic E-state index is 9.80. The van der Waals surface area contributed by atoms with Crippen molar-refractivity contribution in [2.75, 3.05) is 6.61 Å². The maximum Gasteiger partial charge on any atom is 0.495 e. The smallest absolute Gasteiger partial charge is 0.491 e. The van der Waals surface area contributed by atoms with E-state index in [4.69, 9.17) is 14.0 Å². The highest BCUT2D eigenvalue weighted by Crippen LogP contribution is 2.37. The van der Waals surface area contributed by atoms with Gasteiger partial charge in [0.1, 0.15) is 12.4 Å². The molecular weight excluding hydrogens is 291 g/mol. The predicted octanol–water partition coefficient (Wildman–Crippen LogP) is 2.75. The summed E-state index contributed by atoms with van der Waals surface area (Å²) in [7, 11) is -0.372. The number of rotatable bonds is 4. The number of ether oxygens (including phenoxy) is 1. The van der Waals surface area contributed by atoms with E-state index >= 15 is 0 Å². The third kappa shape index (κ3) is 3.90. The van der Waals surface area contributed by atoms with E-state index in [2.05, 4.69) is 27.7 Å². The fourth-order valence-corrected chi connectivity index (χ4v) is 2.61. The number of hydrogen-bond donors (Lipinski definition) is 1. The lowest BCUT2D eigenvalue weighted by Gasteiger charge is -2.32. The van der Waals surface area contributed by atoms with Crippen LogP contribution in [0.5, 0.6) is 5.75 Å². The Morgan fingerprint density at radius 1 is 1.04 bits per heavy atom. The summed E-state index contributed by atoms with van der Waals surface area (Å²) in [6.45, 7) is 16.0. The molecule has 0 amide bonds. The van der Waals surface area contributed by atoms with Crippen molar-refractivity contribution in [1.29, 1.82) is 0 Å². The zero-order valence-electron chi connectivity index (χ0n) is 15.6. The third-order valence-electron chi connectivity index (χ3n) is 4.65. The molecule has 2 rings (SSSR count). The van der Waals surface area contributed by atoms with E-state index < -0.39 is 5.60 Å². The largest absolute Gasteiger partial charge is 0.495 e. The first kappa shape index (κ1) is 18.3. The minimum absolute atomic E-state index is 0.252. The molecule has 0 atom stereocenters. The molecule has 0 spiro atoms. The fourth-order valence-electron chi connectivity index (χ4n) is 2.61. The van der Waals surface area contributed by atoms with Gasteiger partial charge in [-0.25, -0.2) is 0 Å². The molecule has 0 unspecified atom stereocenters. The van der Waals surface area contributed by atoms with Crippen LogP contribution in [0.1, 0.15) is 52.7 Å². The van der Waals surface area contributed by atoms with E-state index in [9.17, 15) is 5.11 Å². The van der Waals surface area contributed by atoms with Crippen LogP contribution in [0.2, 0.25) is 0 Å². The minimum atomic E-state index is -0.855. The van der Waals surface area contributed by atoms with Crippen LogP contribution in [0.3, 0.4) is 0 Å². The Morgan fingerprint density at radius 3 is 1.87 bits per heavy atom. The summed E-state index contributed by atoms with van der Waals surface area (Å²) in [5.74, 6) is 0.752. The van der Waals surface area contributed by atoms with Crippen molar-refractivity contribution in [3.8, 4) is 5.75 Å². The summed E-state index contributed by atoms with van der Waals surface area (Å²) in [6.07, 6.45) is 0. The molecule has 1 aliphatic heterocycles. The van der Waals surface area contributed by atoms with Gasteiger partial charge in [-0.15, -0.1) is 0 Å². The summed E-state index contributed by atoms with van der Waals surface area (Å²) in [5.41, 5.74) is 1.62. The van der Waals surface area contributed by atoms with Crippen LogP contribution in [-0.2, 0) is 9.31 Å². The topological polar surface area (TPSA) is 47.9 Å². The summed E-state index contributed by atoms with van der Waals surface area (Å²) in [5, 5.41) is 9.80. The Morgan fingerprint density at radius 2 is 1.48 bits per heavy atom. The van der Waals surface area contributed by atoms with E-state index in [-0.39, 0.29) is 24.9 Å². The first-order valence-corrected chi connectivity index (χ1v) is 8.14. The molecule has 0 bridgehead atoms. The molecule has 1 fully saturated rings. The lowest BCUT2D eigenvalue weighted by molar-refractivity contribution is 0.00578. The quantitative estimate of drug-likeness (QED) is 0.867. The van der Waals surface area contributed by atoms with Crippen molar-refractivity contribution in [3.63, 3.8) is 0 Å². The molecule has 1 aromatic carbocycles. The molecule has 128 valence electrons. The van der Waals surface area contributed by atoms with Gasteiger partial charge in [-0.1, -0.05) is 0 Å². The fraction of sp³-hybridized carbons (Fsp3) is 0.667. The van der Waals surface area contributed by atoms with Gasteiger partial charge in [0.2, 0.25) is 0 Å². The molecule has 1 heterocycles. The van der Waals surface area contributed by atoms with Gasteiger partial charge in [-0.3, -0.25) is 0 Å². The van der Waals surface area contributed by atoms with Gasteiger partial charge in [0.25, 0.3) is 0 Å². The van der Waals surface area contributed by atoms with Crippen molar-refractivity contribution in [3.05, 3.63) is 23.3 Å². The lowest BCUT2D eigenvalue weighted by Crippen LogP contribution is -2.41. The van der Waals surface area contributed by atoms with Gasteiger partial charge in [-0.2, -0.15) is 0 Å². The van der Waals surface area contributed by atoms with E-state index in [1.54, 1.807) is 13.8 Å². The highest BCUT2D eigenvalue weighted by molar-refractivity contribution is 6.63. The number of aliphatic hydroxyl groups is 1. The molecule has 1 N–H and O–H groups in total. The molecule has 0 radical (unpaired) electrons. The van der Waals surface area contributed by atoms with Crippen LogP contribution in [0.25, 0.3) is 0 Å². The predicted molar refractivity (Wildman–Crippen MR) is 93.4 cm³/mol. The number of aryl methyl sites for hydroxylation is 2. The standard InChI is InChI=1S/C18H29BO4/c1-12-9-14(21-11-16(3,4)20)10-13(2)15(12)19-22-17(5,6)18(7,8)23-19/h9-10,20H,11H2,1-8H3. The van der Waals surface area contributed by atoms with Crippen LogP contribution in [0.15, 0.2) is 12.1 Å². The molecule has 0 aliphatic carbocycles. The average Bonchev–Trinajstić information content (AvgIpc) is 2.53. The Kier molecular flexibility index (Phi) is 4.61. The zero-order valence-corrected chi connectivity index (χ0v) is 15.6. The van der Waals surface area contributed by atoms with Gasteiger partial charge >= 0.3 is 7.12 Å². The molecule has 0 saturated carbocycles. The second-order valence-electron chi connectivity index (χ2n) is 8.16. The van der Waals surface area contributed by atoms with Crippen LogP contribution in [-0.4, -0.2) is 35.6 Å². The second kappa shape index (κ2) is 5.80. The van der Waals surface area contributed by atoms with E-state index in [1.165, 1.54) is 0 Å². The SMILES string of the molecule is Cc1cc(OCC(C)(C)O)cc(C)c1B1OC(C)(C)C(C)(C)O1. The van der Waals surface area contributed by atoms with Crippen LogP contribution in [0, 0.1) is 13.8 Å².